The van der Waals surface area contributed by atoms with Gasteiger partial charge in [0.25, 0.3) is 0 Å². The van der Waals surface area contributed by atoms with E-state index in [0.29, 0.717) is 32.3 Å². The Bertz CT molecular complexity index is 766. The van der Waals surface area contributed by atoms with Gasteiger partial charge in [0.05, 0.1) is 36.4 Å². The van der Waals surface area contributed by atoms with E-state index in [1.54, 1.807) is 33.5 Å². The Labute approximate surface area is 162 Å². The molecule has 0 aliphatic heterocycles. The Morgan fingerprint density at radius 3 is 1.52 bits per heavy atom. The van der Waals surface area contributed by atoms with Crippen molar-refractivity contribution in [3.8, 4) is 17.2 Å². The van der Waals surface area contributed by atoms with Crippen LogP contribution in [0.2, 0.25) is 15.1 Å². The van der Waals surface area contributed by atoms with Crippen molar-refractivity contribution in [3.63, 3.8) is 0 Å². The van der Waals surface area contributed by atoms with Crippen molar-refractivity contribution in [2.45, 2.75) is 0 Å². The zero-order valence-electron chi connectivity index (χ0n) is 14.0. The van der Waals surface area contributed by atoms with Crippen molar-refractivity contribution in [2.24, 2.45) is 0 Å². The summed E-state index contributed by atoms with van der Waals surface area (Å²) in [5, 5.41) is 1.19. The van der Waals surface area contributed by atoms with Gasteiger partial charge in [-0.05, 0) is 35.4 Å². The second-order valence-electron chi connectivity index (χ2n) is 4.98. The van der Waals surface area contributed by atoms with Crippen LogP contribution in [-0.2, 0) is 0 Å². The topological polar surface area (TPSA) is 27.7 Å². The molecule has 0 atom stereocenters. The molecule has 0 aliphatic carbocycles. The highest BCUT2D eigenvalue weighted by molar-refractivity contribution is 6.48. The van der Waals surface area contributed by atoms with Gasteiger partial charge in [-0.25, -0.2) is 0 Å². The molecule has 0 aromatic heterocycles. The normalized spacial score (nSPS) is 11.3. The van der Waals surface area contributed by atoms with Gasteiger partial charge in [0.2, 0.25) is 5.75 Å². The molecule has 25 heavy (non-hydrogen) atoms. The number of ether oxygens (including phenoxy) is 3. The fraction of sp³-hybridized carbons (Fsp3) is 0.158. The number of rotatable bonds is 6. The first-order valence-corrected chi connectivity index (χ1v) is 8.42. The molecule has 6 heteroatoms. The number of benzene rings is 2. The van der Waals surface area contributed by atoms with E-state index in [1.807, 2.05) is 36.4 Å². The van der Waals surface area contributed by atoms with Crippen LogP contribution in [0.3, 0.4) is 0 Å². The highest BCUT2D eigenvalue weighted by Gasteiger charge is 2.11. The maximum atomic E-state index is 6.02. The standard InChI is InChI=1S/C19H17Cl3O3/c1-23-16-10-13(11-17(24-2)19(16)25-3)7-5-4-6-12-8-14(20)18(22)15(21)9-12/h4-11H,1-3H3/b6-4+,7-5+. The van der Waals surface area contributed by atoms with Crippen LogP contribution in [0.1, 0.15) is 11.1 Å². The van der Waals surface area contributed by atoms with Gasteiger partial charge < -0.3 is 14.2 Å². The van der Waals surface area contributed by atoms with Crippen LogP contribution in [0, 0.1) is 0 Å². The van der Waals surface area contributed by atoms with Crippen molar-refractivity contribution in [2.75, 3.05) is 21.3 Å². The summed E-state index contributed by atoms with van der Waals surface area (Å²) in [4.78, 5) is 0. The first kappa shape index (κ1) is 19.5. The Balaban J connectivity index is 2.22. The number of methoxy groups -OCH3 is 3. The second-order valence-corrected chi connectivity index (χ2v) is 6.17. The number of hydrogen-bond donors (Lipinski definition) is 0. The summed E-state index contributed by atoms with van der Waals surface area (Å²) in [7, 11) is 4.73. The highest BCUT2D eigenvalue weighted by Crippen LogP contribution is 2.38. The van der Waals surface area contributed by atoms with Crippen LogP contribution < -0.4 is 14.2 Å². The summed E-state index contributed by atoms with van der Waals surface area (Å²) >= 11 is 18.0. The Kier molecular flexibility index (Phi) is 7.06. The fourth-order valence-electron chi connectivity index (χ4n) is 2.20. The third kappa shape index (κ3) is 4.85. The zero-order chi connectivity index (χ0) is 18.4. The van der Waals surface area contributed by atoms with Crippen molar-refractivity contribution >= 4 is 47.0 Å². The van der Waals surface area contributed by atoms with Gasteiger partial charge in [0, 0.05) is 0 Å². The molecule has 0 saturated carbocycles. The predicted molar refractivity (Wildman–Crippen MR) is 106 cm³/mol. The lowest BCUT2D eigenvalue weighted by molar-refractivity contribution is 0.324. The van der Waals surface area contributed by atoms with Gasteiger partial charge >= 0.3 is 0 Å². The molecule has 0 aliphatic rings. The summed E-state index contributed by atoms with van der Waals surface area (Å²) in [5.41, 5.74) is 1.76. The molecule has 0 fully saturated rings. The third-order valence-electron chi connectivity index (χ3n) is 3.38. The summed E-state index contributed by atoms with van der Waals surface area (Å²) in [6.45, 7) is 0. The van der Waals surface area contributed by atoms with E-state index in [9.17, 15) is 0 Å². The lowest BCUT2D eigenvalue weighted by Crippen LogP contribution is -1.95. The first-order chi connectivity index (χ1) is 12.0. The van der Waals surface area contributed by atoms with Crippen molar-refractivity contribution in [1.29, 1.82) is 0 Å². The molecule has 0 bridgehead atoms. The van der Waals surface area contributed by atoms with Crippen LogP contribution >= 0.6 is 34.8 Å². The molecule has 3 nitrogen and oxygen atoms in total. The summed E-state index contributed by atoms with van der Waals surface area (Å²) in [5.74, 6) is 1.76. The van der Waals surface area contributed by atoms with E-state index in [2.05, 4.69) is 0 Å². The van der Waals surface area contributed by atoms with Crippen LogP contribution in [-0.4, -0.2) is 21.3 Å². The minimum Gasteiger partial charge on any atom is -0.493 e. The molecule has 0 heterocycles. The van der Waals surface area contributed by atoms with Gasteiger partial charge in [-0.2, -0.15) is 0 Å². The molecular formula is C19H17Cl3O3. The second kappa shape index (κ2) is 9.04. The van der Waals surface area contributed by atoms with E-state index >= 15 is 0 Å². The van der Waals surface area contributed by atoms with E-state index in [-0.39, 0.29) is 0 Å². The van der Waals surface area contributed by atoms with Gasteiger partial charge in [0.1, 0.15) is 0 Å². The van der Waals surface area contributed by atoms with Gasteiger partial charge in [-0.1, -0.05) is 59.1 Å². The first-order valence-electron chi connectivity index (χ1n) is 7.29. The number of hydrogen-bond acceptors (Lipinski definition) is 3. The van der Waals surface area contributed by atoms with Gasteiger partial charge in [-0.3, -0.25) is 0 Å². The Morgan fingerprint density at radius 1 is 0.680 bits per heavy atom. The molecule has 132 valence electrons. The predicted octanol–water partition coefficient (Wildman–Crippen LogP) is 6.40. The van der Waals surface area contributed by atoms with E-state index in [0.717, 1.165) is 11.1 Å². The van der Waals surface area contributed by atoms with Gasteiger partial charge in [-0.15, -0.1) is 0 Å². The SMILES string of the molecule is COc1cc(/C=C/C=C/c2cc(Cl)c(Cl)c(Cl)c2)cc(OC)c1OC. The van der Waals surface area contributed by atoms with Gasteiger partial charge in [0.15, 0.2) is 11.5 Å². The van der Waals surface area contributed by atoms with Crippen molar-refractivity contribution < 1.29 is 14.2 Å². The van der Waals surface area contributed by atoms with E-state index in [4.69, 9.17) is 49.0 Å². The maximum absolute atomic E-state index is 6.02. The molecular weight excluding hydrogens is 383 g/mol. The monoisotopic (exact) mass is 398 g/mol. The number of halogens is 3. The largest absolute Gasteiger partial charge is 0.493 e. The Hall–Kier alpha value is -1.81. The van der Waals surface area contributed by atoms with Crippen LogP contribution in [0.4, 0.5) is 0 Å². The van der Waals surface area contributed by atoms with Crippen LogP contribution in [0.25, 0.3) is 12.2 Å². The average Bonchev–Trinajstić information content (AvgIpc) is 2.62. The maximum Gasteiger partial charge on any atom is 0.203 e. The molecule has 0 unspecified atom stereocenters. The fourth-order valence-corrected chi connectivity index (χ4v) is 2.82. The number of allylic oxidation sites excluding steroid dienone is 2. The highest BCUT2D eigenvalue weighted by atomic mass is 35.5. The minimum atomic E-state index is 0.355. The van der Waals surface area contributed by atoms with Crippen LogP contribution in [0.5, 0.6) is 17.2 Å². The summed E-state index contributed by atoms with van der Waals surface area (Å²) < 4.78 is 16.0. The minimum absolute atomic E-state index is 0.355. The van der Waals surface area contributed by atoms with Crippen molar-refractivity contribution in [3.05, 3.63) is 62.6 Å². The van der Waals surface area contributed by atoms with Crippen molar-refractivity contribution in [1.82, 2.24) is 0 Å². The molecule has 2 aromatic rings. The molecule has 0 N–H and O–H groups in total. The third-order valence-corrected chi connectivity index (χ3v) is 4.58. The summed E-state index contributed by atoms with van der Waals surface area (Å²) in [6, 6.07) is 7.22. The quantitative estimate of drug-likeness (QED) is 0.415. The molecule has 2 aromatic carbocycles. The lowest BCUT2D eigenvalue weighted by Gasteiger charge is -2.12. The van der Waals surface area contributed by atoms with E-state index in [1.165, 1.54) is 0 Å². The molecule has 2 rings (SSSR count). The molecule has 0 saturated heterocycles. The molecule has 0 radical (unpaired) electrons. The van der Waals surface area contributed by atoms with E-state index < -0.39 is 0 Å². The Morgan fingerprint density at radius 2 is 1.12 bits per heavy atom. The smallest absolute Gasteiger partial charge is 0.203 e. The lowest BCUT2D eigenvalue weighted by atomic mass is 10.1. The summed E-state index contributed by atoms with van der Waals surface area (Å²) in [6.07, 6.45) is 7.55. The molecule has 0 amide bonds. The molecule has 0 spiro atoms. The van der Waals surface area contributed by atoms with Crippen LogP contribution in [0.15, 0.2) is 36.4 Å². The average molecular weight is 400 g/mol. The zero-order valence-corrected chi connectivity index (χ0v) is 16.2.